The standard InChI is InChI=1S/C52H38N2/c1-3-19-41(20-4-1)49(51-27-13-15-33-53-51)37-45-25-9-7-17-39(45)29-31-47-35-43-23-11-12-24-44(43)36-48(47)32-30-40-18-8-10-26-46(40)38-50(42-21-5-2-6-22-42)52-28-14-16-34-54-52/h1-38H/b31-29?,32-30?,49-37+,50-38+. The van der Waals surface area contributed by atoms with Crippen molar-refractivity contribution in [2.45, 2.75) is 0 Å². The van der Waals surface area contributed by atoms with Crippen molar-refractivity contribution in [1.29, 1.82) is 0 Å². The summed E-state index contributed by atoms with van der Waals surface area (Å²) in [4.78, 5) is 9.43. The summed E-state index contributed by atoms with van der Waals surface area (Å²) in [6.07, 6.45) is 17.1. The predicted octanol–water partition coefficient (Wildman–Crippen LogP) is 13.1. The van der Waals surface area contributed by atoms with Gasteiger partial charge in [-0.1, -0.05) is 170 Å². The van der Waals surface area contributed by atoms with E-state index in [0.29, 0.717) is 0 Å². The Balaban J connectivity index is 1.19. The van der Waals surface area contributed by atoms with Gasteiger partial charge < -0.3 is 0 Å². The highest BCUT2D eigenvalue weighted by Crippen LogP contribution is 2.30. The van der Waals surface area contributed by atoms with E-state index in [1.807, 2.05) is 48.8 Å². The summed E-state index contributed by atoms with van der Waals surface area (Å²) >= 11 is 0. The third-order valence-electron chi connectivity index (χ3n) is 9.48. The van der Waals surface area contributed by atoms with E-state index < -0.39 is 0 Å². The highest BCUT2D eigenvalue weighted by molar-refractivity contribution is 5.96. The van der Waals surface area contributed by atoms with Crippen LogP contribution in [0, 0.1) is 0 Å². The molecule has 8 rings (SSSR count). The van der Waals surface area contributed by atoms with Crippen molar-refractivity contribution in [2.75, 3.05) is 0 Å². The van der Waals surface area contributed by atoms with Crippen LogP contribution in [0.25, 0.3) is 58.4 Å². The molecule has 0 atom stereocenters. The van der Waals surface area contributed by atoms with Crippen molar-refractivity contribution in [2.24, 2.45) is 0 Å². The molecule has 0 radical (unpaired) electrons. The normalized spacial score (nSPS) is 12.1. The Hall–Kier alpha value is -7.16. The van der Waals surface area contributed by atoms with Gasteiger partial charge in [-0.15, -0.1) is 0 Å². The SMILES string of the molecule is C(=Cc1ccccc1/C=C(\c1ccccc1)c1ccccn1)c1cc2ccccc2cc1C=Cc1ccccc1/C=C(\c1ccccc1)c1ccccn1. The lowest BCUT2D eigenvalue weighted by Gasteiger charge is -2.10. The van der Waals surface area contributed by atoms with Gasteiger partial charge in [0.1, 0.15) is 0 Å². The lowest BCUT2D eigenvalue weighted by Crippen LogP contribution is -1.92. The number of pyridine rings is 2. The molecule has 54 heavy (non-hydrogen) atoms. The fourth-order valence-corrected chi connectivity index (χ4v) is 6.71. The number of hydrogen-bond donors (Lipinski definition) is 0. The Kier molecular flexibility index (Phi) is 10.3. The summed E-state index contributed by atoms with van der Waals surface area (Å²) in [5, 5.41) is 2.41. The maximum Gasteiger partial charge on any atom is 0.0708 e. The van der Waals surface area contributed by atoms with Crippen LogP contribution in [-0.4, -0.2) is 9.97 Å². The topological polar surface area (TPSA) is 25.8 Å². The van der Waals surface area contributed by atoms with Gasteiger partial charge in [0, 0.05) is 23.5 Å². The molecule has 0 fully saturated rings. The highest BCUT2D eigenvalue weighted by atomic mass is 14.7. The molecular formula is C52H38N2. The summed E-state index contributed by atoms with van der Waals surface area (Å²) < 4.78 is 0. The maximum absolute atomic E-state index is 4.71. The van der Waals surface area contributed by atoms with Crippen molar-refractivity contribution in [3.05, 3.63) is 250 Å². The third kappa shape index (κ3) is 7.99. The second-order valence-electron chi connectivity index (χ2n) is 13.0. The van der Waals surface area contributed by atoms with E-state index in [-0.39, 0.29) is 0 Å². The number of aromatic nitrogens is 2. The Morgan fingerprint density at radius 1 is 0.315 bits per heavy atom. The molecule has 0 saturated carbocycles. The fraction of sp³-hybridized carbons (Fsp3) is 0. The zero-order valence-electron chi connectivity index (χ0n) is 29.8. The minimum atomic E-state index is 0.940. The number of nitrogens with zero attached hydrogens (tertiary/aromatic N) is 2. The molecule has 0 aliphatic carbocycles. The second kappa shape index (κ2) is 16.5. The molecule has 2 heterocycles. The van der Waals surface area contributed by atoms with Crippen LogP contribution in [0.3, 0.4) is 0 Å². The van der Waals surface area contributed by atoms with E-state index in [1.165, 1.54) is 10.8 Å². The van der Waals surface area contributed by atoms with Gasteiger partial charge in [0.05, 0.1) is 11.4 Å². The first kappa shape index (κ1) is 34.0. The van der Waals surface area contributed by atoms with Crippen LogP contribution in [-0.2, 0) is 0 Å². The minimum absolute atomic E-state index is 0.940. The Bertz CT molecular complexity index is 2350. The number of benzene rings is 6. The van der Waals surface area contributed by atoms with Crippen LogP contribution in [0.2, 0.25) is 0 Å². The predicted molar refractivity (Wildman–Crippen MR) is 230 cm³/mol. The molecule has 2 nitrogen and oxygen atoms in total. The van der Waals surface area contributed by atoms with Crippen molar-refractivity contribution in [1.82, 2.24) is 9.97 Å². The van der Waals surface area contributed by atoms with Gasteiger partial charge in [-0.3, -0.25) is 9.97 Å². The van der Waals surface area contributed by atoms with E-state index in [4.69, 9.17) is 9.97 Å². The van der Waals surface area contributed by atoms with Gasteiger partial charge in [-0.05, 0) is 104 Å². The van der Waals surface area contributed by atoms with Gasteiger partial charge in [-0.25, -0.2) is 0 Å². The molecule has 8 aromatic rings. The lowest BCUT2D eigenvalue weighted by atomic mass is 9.95. The Morgan fingerprint density at radius 2 is 0.667 bits per heavy atom. The zero-order chi connectivity index (χ0) is 36.4. The quantitative estimate of drug-likeness (QED) is 0.134. The summed E-state index contributed by atoms with van der Waals surface area (Å²) in [6.45, 7) is 0. The summed E-state index contributed by atoms with van der Waals surface area (Å²) in [5.41, 5.74) is 13.1. The van der Waals surface area contributed by atoms with E-state index in [2.05, 4.69) is 182 Å². The van der Waals surface area contributed by atoms with Crippen LogP contribution < -0.4 is 0 Å². The molecule has 0 bridgehead atoms. The maximum atomic E-state index is 4.71. The molecular weight excluding hydrogens is 653 g/mol. The van der Waals surface area contributed by atoms with Gasteiger partial charge in [0.15, 0.2) is 0 Å². The van der Waals surface area contributed by atoms with E-state index in [9.17, 15) is 0 Å². The van der Waals surface area contributed by atoms with Gasteiger partial charge >= 0.3 is 0 Å². The molecule has 2 heteroatoms. The third-order valence-corrected chi connectivity index (χ3v) is 9.48. The highest BCUT2D eigenvalue weighted by Gasteiger charge is 2.10. The fourth-order valence-electron chi connectivity index (χ4n) is 6.71. The molecule has 2 aromatic heterocycles. The summed E-state index contributed by atoms with van der Waals surface area (Å²) in [7, 11) is 0. The molecule has 0 N–H and O–H groups in total. The molecule has 6 aromatic carbocycles. The van der Waals surface area contributed by atoms with Gasteiger partial charge in [-0.2, -0.15) is 0 Å². The second-order valence-corrected chi connectivity index (χ2v) is 13.0. The number of hydrogen-bond acceptors (Lipinski definition) is 2. The van der Waals surface area contributed by atoms with Crippen molar-refractivity contribution in [3.63, 3.8) is 0 Å². The summed E-state index contributed by atoms with van der Waals surface area (Å²) in [6, 6.07) is 63.3. The van der Waals surface area contributed by atoms with Crippen LogP contribution >= 0.6 is 0 Å². The average molecular weight is 691 g/mol. The Morgan fingerprint density at radius 3 is 1.07 bits per heavy atom. The monoisotopic (exact) mass is 690 g/mol. The summed E-state index contributed by atoms with van der Waals surface area (Å²) in [5.74, 6) is 0. The molecule has 0 unspecified atom stereocenters. The van der Waals surface area contributed by atoms with Crippen LogP contribution in [0.4, 0.5) is 0 Å². The van der Waals surface area contributed by atoms with Crippen LogP contribution in [0.1, 0.15) is 55.9 Å². The van der Waals surface area contributed by atoms with Crippen LogP contribution in [0.5, 0.6) is 0 Å². The van der Waals surface area contributed by atoms with Crippen molar-refractivity contribution in [3.8, 4) is 0 Å². The van der Waals surface area contributed by atoms with Crippen LogP contribution in [0.15, 0.2) is 194 Å². The zero-order valence-corrected chi connectivity index (χ0v) is 29.8. The van der Waals surface area contributed by atoms with Crippen molar-refractivity contribution >= 4 is 58.4 Å². The van der Waals surface area contributed by atoms with E-state index >= 15 is 0 Å². The minimum Gasteiger partial charge on any atom is -0.256 e. The first-order valence-electron chi connectivity index (χ1n) is 18.2. The lowest BCUT2D eigenvalue weighted by molar-refractivity contribution is 1.27. The molecule has 0 amide bonds. The molecule has 0 aliphatic heterocycles. The molecule has 256 valence electrons. The number of fused-ring (bicyclic) bond motifs is 1. The first-order chi connectivity index (χ1) is 26.8. The Labute approximate surface area is 317 Å². The molecule has 0 saturated heterocycles. The largest absolute Gasteiger partial charge is 0.256 e. The number of rotatable bonds is 10. The molecule has 0 aliphatic rings. The average Bonchev–Trinajstić information content (AvgIpc) is 3.25. The van der Waals surface area contributed by atoms with Crippen molar-refractivity contribution < 1.29 is 0 Å². The first-order valence-corrected chi connectivity index (χ1v) is 18.2. The van der Waals surface area contributed by atoms with Gasteiger partial charge in [0.25, 0.3) is 0 Å². The van der Waals surface area contributed by atoms with Gasteiger partial charge in [0.2, 0.25) is 0 Å². The smallest absolute Gasteiger partial charge is 0.0708 e. The molecule has 0 spiro atoms. The van der Waals surface area contributed by atoms with E-state index in [1.54, 1.807) is 0 Å². The van der Waals surface area contributed by atoms with E-state index in [0.717, 1.165) is 67.0 Å².